The van der Waals surface area contributed by atoms with E-state index in [2.05, 4.69) is 44.1 Å². The van der Waals surface area contributed by atoms with Crippen LogP contribution in [0.25, 0.3) is 11.1 Å². The maximum absolute atomic E-state index is 12.9. The number of Topliss-reactive ketones (excluding diaryl/α,β-unsaturated/α-hetero) is 1. The average Bonchev–Trinajstić information content (AvgIpc) is 3.15. The SMILES string of the molecule is CC(C)(C)CC(=O)[C@H](COC(=O)CCCC#CBr)NC(=O)OCC1c2ccccc2-c2ccccc21. The lowest BCUT2D eigenvalue weighted by molar-refractivity contribution is -0.145. The fraction of sp³-hybridized carbons (Fsp3) is 0.414. The van der Waals surface area contributed by atoms with Crippen LogP contribution < -0.4 is 5.32 Å². The Morgan fingerprint density at radius 1 is 1.00 bits per heavy atom. The van der Waals surface area contributed by atoms with E-state index >= 15 is 0 Å². The number of carbonyl (C=O) groups is 3. The predicted octanol–water partition coefficient (Wildman–Crippen LogP) is 5.97. The molecule has 2 aromatic rings. The molecule has 1 aliphatic carbocycles. The number of unbranched alkanes of at least 4 members (excludes halogenated alkanes) is 1. The minimum atomic E-state index is -0.980. The largest absolute Gasteiger partial charge is 0.463 e. The van der Waals surface area contributed by atoms with Gasteiger partial charge in [-0.2, -0.15) is 0 Å². The molecule has 1 atom stereocenters. The lowest BCUT2D eigenvalue weighted by Gasteiger charge is -2.23. The average molecular weight is 554 g/mol. The molecule has 7 heteroatoms. The Kier molecular flexibility index (Phi) is 9.72. The number of esters is 1. The molecule has 1 N–H and O–H groups in total. The number of hydrogen-bond donors (Lipinski definition) is 1. The maximum Gasteiger partial charge on any atom is 0.407 e. The number of benzene rings is 2. The Balaban J connectivity index is 1.62. The van der Waals surface area contributed by atoms with Crippen molar-refractivity contribution in [3.63, 3.8) is 0 Å². The third-order valence-corrected chi connectivity index (χ3v) is 6.17. The van der Waals surface area contributed by atoms with Crippen LogP contribution in [0.2, 0.25) is 0 Å². The normalized spacial score (nSPS) is 13.0. The molecular formula is C29H32BrNO5. The van der Waals surface area contributed by atoms with Crippen molar-refractivity contribution in [3.05, 3.63) is 59.7 Å². The van der Waals surface area contributed by atoms with Gasteiger partial charge in [-0.15, -0.1) is 0 Å². The smallest absolute Gasteiger partial charge is 0.407 e. The van der Waals surface area contributed by atoms with Crippen LogP contribution in [0.15, 0.2) is 48.5 Å². The molecule has 0 aliphatic heterocycles. The summed E-state index contributed by atoms with van der Waals surface area (Å²) in [5.41, 5.74) is 4.19. The summed E-state index contributed by atoms with van der Waals surface area (Å²) >= 11 is 3.01. The Morgan fingerprint density at radius 3 is 2.19 bits per heavy atom. The van der Waals surface area contributed by atoms with Gasteiger partial charge in [0.1, 0.15) is 19.3 Å². The predicted molar refractivity (Wildman–Crippen MR) is 143 cm³/mol. The molecular weight excluding hydrogens is 522 g/mol. The second kappa shape index (κ2) is 12.7. The van der Waals surface area contributed by atoms with Gasteiger partial charge in [-0.25, -0.2) is 4.79 Å². The zero-order valence-electron chi connectivity index (χ0n) is 20.9. The quantitative estimate of drug-likeness (QED) is 0.222. The van der Waals surface area contributed by atoms with E-state index in [1.807, 2.05) is 57.2 Å². The summed E-state index contributed by atoms with van der Waals surface area (Å²) in [6.07, 6.45) is 0.808. The summed E-state index contributed by atoms with van der Waals surface area (Å²) in [6.45, 7) is 5.71. The molecule has 0 heterocycles. The van der Waals surface area contributed by atoms with E-state index in [9.17, 15) is 14.4 Å². The number of nitrogens with one attached hydrogen (secondary N) is 1. The third-order valence-electron chi connectivity index (χ3n) is 5.89. The van der Waals surface area contributed by atoms with Crippen LogP contribution in [0.3, 0.4) is 0 Å². The molecule has 0 aromatic heterocycles. The van der Waals surface area contributed by atoms with Crippen LogP contribution in [0.5, 0.6) is 0 Å². The first-order valence-electron chi connectivity index (χ1n) is 12.1. The number of rotatable bonds is 10. The van der Waals surface area contributed by atoms with Gasteiger partial charge in [-0.3, -0.25) is 9.59 Å². The van der Waals surface area contributed by atoms with Crippen molar-refractivity contribution in [1.29, 1.82) is 0 Å². The van der Waals surface area contributed by atoms with Gasteiger partial charge in [-0.05, 0) is 38.9 Å². The molecule has 36 heavy (non-hydrogen) atoms. The fourth-order valence-electron chi connectivity index (χ4n) is 4.26. The highest BCUT2D eigenvalue weighted by atomic mass is 79.9. The summed E-state index contributed by atoms with van der Waals surface area (Å²) < 4.78 is 10.9. The lowest BCUT2D eigenvalue weighted by Crippen LogP contribution is -2.46. The van der Waals surface area contributed by atoms with Crippen LogP contribution in [0.4, 0.5) is 4.79 Å². The third kappa shape index (κ3) is 7.69. The molecule has 0 saturated carbocycles. The van der Waals surface area contributed by atoms with Gasteiger partial charge in [-0.1, -0.05) is 75.2 Å². The first-order valence-corrected chi connectivity index (χ1v) is 12.9. The molecule has 190 valence electrons. The number of ketones is 1. The molecule has 0 saturated heterocycles. The number of amides is 1. The van der Waals surface area contributed by atoms with E-state index in [0.717, 1.165) is 22.3 Å². The summed E-state index contributed by atoms with van der Waals surface area (Å²) in [4.78, 5) is 40.4. The van der Waals surface area contributed by atoms with Crippen molar-refractivity contribution in [2.75, 3.05) is 13.2 Å². The van der Waals surface area contributed by atoms with Crippen molar-refractivity contribution < 1.29 is 23.9 Å². The van der Waals surface area contributed by atoms with Crippen LogP contribution in [-0.4, -0.2) is 37.1 Å². The van der Waals surface area contributed by atoms with E-state index in [0.29, 0.717) is 12.8 Å². The second-order valence-corrected chi connectivity index (χ2v) is 10.4. The Labute approximate surface area is 221 Å². The monoisotopic (exact) mass is 553 g/mol. The van der Waals surface area contributed by atoms with E-state index in [4.69, 9.17) is 9.47 Å². The van der Waals surface area contributed by atoms with Crippen LogP contribution in [-0.2, 0) is 19.1 Å². The number of alkyl carbamates (subject to hydrolysis) is 1. The van der Waals surface area contributed by atoms with Gasteiger partial charge < -0.3 is 14.8 Å². The van der Waals surface area contributed by atoms with Crippen molar-refractivity contribution in [3.8, 4) is 21.9 Å². The Morgan fingerprint density at radius 2 is 1.61 bits per heavy atom. The number of fused-ring (bicyclic) bond motifs is 3. The number of carbonyl (C=O) groups excluding carboxylic acids is 3. The molecule has 0 unspecified atom stereocenters. The molecule has 1 aliphatic rings. The molecule has 0 fully saturated rings. The van der Waals surface area contributed by atoms with Crippen molar-refractivity contribution >= 4 is 33.8 Å². The van der Waals surface area contributed by atoms with Crippen molar-refractivity contribution in [1.82, 2.24) is 5.32 Å². The fourth-order valence-corrected chi connectivity index (χ4v) is 4.46. The first kappa shape index (κ1) is 27.5. The van der Waals surface area contributed by atoms with Crippen molar-refractivity contribution in [2.45, 2.75) is 58.4 Å². The van der Waals surface area contributed by atoms with Gasteiger partial charge in [0.05, 0.1) is 0 Å². The highest BCUT2D eigenvalue weighted by Crippen LogP contribution is 2.44. The Bertz CT molecular complexity index is 1110. The Hall–Kier alpha value is -3.11. The number of hydrogen-bond acceptors (Lipinski definition) is 5. The zero-order chi connectivity index (χ0) is 26.1. The van der Waals surface area contributed by atoms with Gasteiger partial charge in [0.25, 0.3) is 0 Å². The van der Waals surface area contributed by atoms with Gasteiger partial charge in [0, 0.05) is 41.1 Å². The number of halogens is 1. The van der Waals surface area contributed by atoms with Crippen molar-refractivity contribution in [2.24, 2.45) is 5.41 Å². The van der Waals surface area contributed by atoms with E-state index < -0.39 is 18.1 Å². The standard InChI is InChI=1S/C29H32BrNO5/c1-29(2,3)17-26(32)25(19-35-27(33)15-5-4-10-16-30)31-28(34)36-18-24-22-13-8-6-11-20(22)21-12-7-9-14-23(21)24/h6-9,11-14,24-25H,4-5,15,17-19H2,1-3H3,(H,31,34)/t25-/m0/s1. The molecule has 0 spiro atoms. The highest BCUT2D eigenvalue weighted by molar-refractivity contribution is 9.12. The molecule has 6 nitrogen and oxygen atoms in total. The van der Waals surface area contributed by atoms with Crippen LogP contribution >= 0.6 is 15.9 Å². The zero-order valence-corrected chi connectivity index (χ0v) is 22.5. The van der Waals surface area contributed by atoms with E-state index in [1.165, 1.54) is 0 Å². The summed E-state index contributed by atoms with van der Waals surface area (Å²) in [5.74, 6) is 2.08. The minimum Gasteiger partial charge on any atom is -0.463 e. The number of ether oxygens (including phenoxy) is 2. The summed E-state index contributed by atoms with van der Waals surface area (Å²) in [5, 5.41) is 2.63. The highest BCUT2D eigenvalue weighted by Gasteiger charge is 2.31. The van der Waals surface area contributed by atoms with Gasteiger partial charge in [0.15, 0.2) is 5.78 Å². The molecule has 0 bridgehead atoms. The summed E-state index contributed by atoms with van der Waals surface area (Å²) in [6, 6.07) is 15.2. The molecule has 3 rings (SSSR count). The van der Waals surface area contributed by atoms with E-state index in [-0.39, 0.29) is 43.2 Å². The molecule has 1 amide bonds. The topological polar surface area (TPSA) is 81.7 Å². The summed E-state index contributed by atoms with van der Waals surface area (Å²) in [7, 11) is 0. The maximum atomic E-state index is 12.9. The minimum absolute atomic E-state index is 0.0904. The molecule has 2 aromatic carbocycles. The van der Waals surface area contributed by atoms with Gasteiger partial charge >= 0.3 is 12.1 Å². The lowest BCUT2D eigenvalue weighted by atomic mass is 9.88. The first-order chi connectivity index (χ1) is 17.2. The van der Waals surface area contributed by atoms with Crippen LogP contribution in [0.1, 0.15) is 63.5 Å². The molecule has 0 radical (unpaired) electrons. The van der Waals surface area contributed by atoms with Gasteiger partial charge in [0.2, 0.25) is 0 Å². The second-order valence-electron chi connectivity index (χ2n) is 10.0. The van der Waals surface area contributed by atoms with Crippen LogP contribution in [0, 0.1) is 16.2 Å². The van der Waals surface area contributed by atoms with E-state index in [1.54, 1.807) is 0 Å².